The Morgan fingerprint density at radius 1 is 1.08 bits per heavy atom. The summed E-state index contributed by atoms with van der Waals surface area (Å²) >= 11 is 0. The topological polar surface area (TPSA) is 54.0 Å². The van der Waals surface area contributed by atoms with Gasteiger partial charge in [-0.25, -0.2) is 0 Å². The van der Waals surface area contributed by atoms with Crippen LogP contribution < -0.4 is 0 Å². The van der Waals surface area contributed by atoms with E-state index in [2.05, 4.69) is 0 Å². The molecule has 0 radical (unpaired) electrons. The minimum absolute atomic E-state index is 0.0723. The molecule has 1 atom stereocenters. The maximum Gasteiger partial charge on any atom is 0.305 e. The highest BCUT2D eigenvalue weighted by molar-refractivity contribution is 5.69. The second-order valence-corrected chi connectivity index (χ2v) is 5.88. The van der Waals surface area contributed by atoms with Crippen molar-refractivity contribution in [1.82, 2.24) is 0 Å². The SMILES string of the molecule is O=C(CCCOC1CCCO1)OCCCCOCc1ccccc1. The summed E-state index contributed by atoms with van der Waals surface area (Å²) in [5.41, 5.74) is 1.18. The Kier molecular flexibility index (Phi) is 9.46. The summed E-state index contributed by atoms with van der Waals surface area (Å²) in [5.74, 6) is -0.156. The first-order chi connectivity index (χ1) is 11.8. The molecule has 1 aliphatic rings. The molecule has 0 amide bonds. The standard InChI is InChI=1S/C19H28O5/c20-18(10-6-14-23-19-11-7-15-24-19)22-13-5-4-12-21-16-17-8-2-1-3-9-17/h1-3,8-9,19H,4-7,10-16H2. The third-order valence-corrected chi connectivity index (χ3v) is 3.77. The Balaban J connectivity index is 1.35. The Labute approximate surface area is 144 Å². The first kappa shape index (κ1) is 18.9. The fourth-order valence-corrected chi connectivity index (χ4v) is 2.44. The van der Waals surface area contributed by atoms with E-state index in [0.29, 0.717) is 39.3 Å². The van der Waals surface area contributed by atoms with Crippen molar-refractivity contribution in [3.05, 3.63) is 35.9 Å². The first-order valence-electron chi connectivity index (χ1n) is 8.85. The van der Waals surface area contributed by atoms with Gasteiger partial charge >= 0.3 is 5.97 Å². The molecule has 1 aromatic carbocycles. The molecule has 0 aliphatic carbocycles. The van der Waals surface area contributed by atoms with Crippen molar-refractivity contribution in [3.63, 3.8) is 0 Å². The summed E-state index contributed by atoms with van der Waals surface area (Å²) in [6.45, 7) is 3.10. The van der Waals surface area contributed by atoms with Crippen molar-refractivity contribution in [2.75, 3.05) is 26.4 Å². The molecular weight excluding hydrogens is 308 g/mol. The van der Waals surface area contributed by atoms with Crippen molar-refractivity contribution < 1.29 is 23.7 Å². The number of carbonyl (C=O) groups is 1. The lowest BCUT2D eigenvalue weighted by molar-refractivity contribution is -0.145. The van der Waals surface area contributed by atoms with E-state index in [1.54, 1.807) is 0 Å². The van der Waals surface area contributed by atoms with Gasteiger partial charge in [0.05, 0.1) is 19.8 Å². The smallest absolute Gasteiger partial charge is 0.305 e. The summed E-state index contributed by atoms with van der Waals surface area (Å²) in [6.07, 6.45) is 4.74. The molecule has 0 N–H and O–H groups in total. The molecule has 1 heterocycles. The van der Waals surface area contributed by atoms with Crippen LogP contribution in [0.4, 0.5) is 0 Å². The van der Waals surface area contributed by atoms with Crippen molar-refractivity contribution in [3.8, 4) is 0 Å². The highest BCUT2D eigenvalue weighted by atomic mass is 16.7. The van der Waals surface area contributed by atoms with Crippen LogP contribution in [0.25, 0.3) is 0 Å². The van der Waals surface area contributed by atoms with Gasteiger partial charge in [0, 0.05) is 26.1 Å². The molecule has 134 valence electrons. The Morgan fingerprint density at radius 3 is 2.71 bits per heavy atom. The Morgan fingerprint density at radius 2 is 1.92 bits per heavy atom. The maximum atomic E-state index is 11.6. The number of benzene rings is 1. The molecule has 0 saturated carbocycles. The van der Waals surface area contributed by atoms with Gasteiger partial charge in [0.1, 0.15) is 0 Å². The van der Waals surface area contributed by atoms with E-state index in [-0.39, 0.29) is 12.3 Å². The van der Waals surface area contributed by atoms with Gasteiger partial charge < -0.3 is 18.9 Å². The van der Waals surface area contributed by atoms with Gasteiger partial charge in [0.25, 0.3) is 0 Å². The molecule has 1 aromatic rings. The van der Waals surface area contributed by atoms with Gasteiger partial charge in [-0.3, -0.25) is 4.79 Å². The lowest BCUT2D eigenvalue weighted by Crippen LogP contribution is -2.13. The van der Waals surface area contributed by atoms with E-state index in [1.165, 1.54) is 5.56 Å². The molecule has 0 aromatic heterocycles. The van der Waals surface area contributed by atoms with E-state index < -0.39 is 0 Å². The van der Waals surface area contributed by atoms with Crippen LogP contribution in [0.1, 0.15) is 44.1 Å². The van der Waals surface area contributed by atoms with Crippen LogP contribution in [0, 0.1) is 0 Å². The Hall–Kier alpha value is -1.43. The molecule has 1 saturated heterocycles. The van der Waals surface area contributed by atoms with Crippen molar-refractivity contribution >= 4 is 5.97 Å². The highest BCUT2D eigenvalue weighted by Crippen LogP contribution is 2.13. The lowest BCUT2D eigenvalue weighted by atomic mass is 10.2. The average molecular weight is 336 g/mol. The number of rotatable bonds is 12. The number of hydrogen-bond acceptors (Lipinski definition) is 5. The summed E-state index contributed by atoms with van der Waals surface area (Å²) in [5, 5.41) is 0. The van der Waals surface area contributed by atoms with Gasteiger partial charge in [-0.1, -0.05) is 30.3 Å². The van der Waals surface area contributed by atoms with Gasteiger partial charge in [0.2, 0.25) is 0 Å². The van der Waals surface area contributed by atoms with Crippen LogP contribution in [0.5, 0.6) is 0 Å². The van der Waals surface area contributed by atoms with Crippen molar-refractivity contribution in [2.45, 2.75) is 51.4 Å². The zero-order valence-corrected chi connectivity index (χ0v) is 14.3. The lowest BCUT2D eigenvalue weighted by Gasteiger charge is -2.10. The van der Waals surface area contributed by atoms with Gasteiger partial charge in [-0.15, -0.1) is 0 Å². The van der Waals surface area contributed by atoms with Gasteiger partial charge in [-0.2, -0.15) is 0 Å². The summed E-state index contributed by atoms with van der Waals surface area (Å²) in [6, 6.07) is 10.1. The third kappa shape index (κ3) is 8.43. The predicted octanol–water partition coefficient (Wildman–Crippen LogP) is 3.46. The van der Waals surface area contributed by atoms with Crippen LogP contribution in [0.2, 0.25) is 0 Å². The minimum Gasteiger partial charge on any atom is -0.466 e. The van der Waals surface area contributed by atoms with E-state index in [4.69, 9.17) is 18.9 Å². The number of carbonyl (C=O) groups excluding carboxylic acids is 1. The van der Waals surface area contributed by atoms with E-state index in [1.807, 2.05) is 30.3 Å². The van der Waals surface area contributed by atoms with Crippen molar-refractivity contribution in [1.29, 1.82) is 0 Å². The van der Waals surface area contributed by atoms with Crippen molar-refractivity contribution in [2.24, 2.45) is 0 Å². The average Bonchev–Trinajstić information content (AvgIpc) is 3.12. The molecule has 0 spiro atoms. The molecule has 1 fully saturated rings. The first-order valence-corrected chi connectivity index (χ1v) is 8.85. The van der Waals surface area contributed by atoms with E-state index in [0.717, 1.165) is 32.3 Å². The molecule has 5 nitrogen and oxygen atoms in total. The van der Waals surface area contributed by atoms with Crippen LogP contribution in [0.15, 0.2) is 30.3 Å². The van der Waals surface area contributed by atoms with E-state index in [9.17, 15) is 4.79 Å². The monoisotopic (exact) mass is 336 g/mol. The van der Waals surface area contributed by atoms with Crippen LogP contribution in [0.3, 0.4) is 0 Å². The fourth-order valence-electron chi connectivity index (χ4n) is 2.44. The zero-order valence-electron chi connectivity index (χ0n) is 14.3. The molecular formula is C19H28O5. The molecule has 2 rings (SSSR count). The van der Waals surface area contributed by atoms with Crippen LogP contribution >= 0.6 is 0 Å². The molecule has 1 aliphatic heterocycles. The second kappa shape index (κ2) is 12.0. The minimum atomic E-state index is -0.156. The second-order valence-electron chi connectivity index (χ2n) is 5.88. The van der Waals surface area contributed by atoms with Gasteiger partial charge in [-0.05, 0) is 31.2 Å². The molecule has 1 unspecified atom stereocenters. The van der Waals surface area contributed by atoms with E-state index >= 15 is 0 Å². The zero-order chi connectivity index (χ0) is 16.9. The number of esters is 1. The molecule has 24 heavy (non-hydrogen) atoms. The molecule has 5 heteroatoms. The van der Waals surface area contributed by atoms with Gasteiger partial charge in [0.15, 0.2) is 6.29 Å². The van der Waals surface area contributed by atoms with Crippen LogP contribution in [-0.2, 0) is 30.3 Å². The predicted molar refractivity (Wildman–Crippen MR) is 90.5 cm³/mol. The largest absolute Gasteiger partial charge is 0.466 e. The fraction of sp³-hybridized carbons (Fsp3) is 0.632. The summed E-state index contributed by atoms with van der Waals surface area (Å²) < 4.78 is 21.6. The normalized spacial score (nSPS) is 17.1. The number of unbranched alkanes of at least 4 members (excludes halogenated alkanes) is 1. The number of ether oxygens (including phenoxy) is 4. The quantitative estimate of drug-likeness (QED) is 0.432. The third-order valence-electron chi connectivity index (χ3n) is 3.77. The Bertz CT molecular complexity index is 442. The maximum absolute atomic E-state index is 11.6. The summed E-state index contributed by atoms with van der Waals surface area (Å²) in [4.78, 5) is 11.6. The number of hydrogen-bond donors (Lipinski definition) is 0. The van der Waals surface area contributed by atoms with Crippen LogP contribution in [-0.4, -0.2) is 38.7 Å². The molecule has 0 bridgehead atoms. The summed E-state index contributed by atoms with van der Waals surface area (Å²) in [7, 11) is 0. The highest BCUT2D eigenvalue weighted by Gasteiger charge is 2.15.